The fraction of sp³-hybridized carbons (Fsp3) is 0.316. The minimum Gasteiger partial charge on any atom is -0.379 e. The van der Waals surface area contributed by atoms with Crippen LogP contribution in [0, 0.1) is 0 Å². The van der Waals surface area contributed by atoms with Crippen molar-refractivity contribution in [2.75, 3.05) is 37.4 Å². The number of carbonyl (C=O) groups is 1. The molecular weight excluding hydrogens is 388 g/mol. The summed E-state index contributed by atoms with van der Waals surface area (Å²) in [5, 5.41) is 3.07. The minimum atomic E-state index is -3.71. The first kappa shape index (κ1) is 19.8. The Morgan fingerprint density at radius 3 is 2.30 bits per heavy atom. The molecule has 144 valence electrons. The lowest BCUT2D eigenvalue weighted by atomic mass is 10.2. The van der Waals surface area contributed by atoms with E-state index in [0.29, 0.717) is 10.7 Å². The second-order valence-electron chi connectivity index (χ2n) is 6.35. The van der Waals surface area contributed by atoms with Crippen LogP contribution in [-0.2, 0) is 25.9 Å². The van der Waals surface area contributed by atoms with Gasteiger partial charge in [-0.1, -0.05) is 23.7 Å². The van der Waals surface area contributed by atoms with Gasteiger partial charge in [-0.25, -0.2) is 8.42 Å². The van der Waals surface area contributed by atoms with E-state index >= 15 is 0 Å². The fourth-order valence-electron chi connectivity index (χ4n) is 2.81. The predicted molar refractivity (Wildman–Crippen MR) is 105 cm³/mol. The SMILES string of the molecule is O=C(CS(=O)(=O)c1ccc(Cl)cc1)Nc1ccc(CN2CCOCC2)cc1. The van der Waals surface area contributed by atoms with Gasteiger partial charge in [0.25, 0.3) is 0 Å². The summed E-state index contributed by atoms with van der Waals surface area (Å²) in [7, 11) is -3.71. The Morgan fingerprint density at radius 2 is 1.67 bits per heavy atom. The third-order valence-corrected chi connectivity index (χ3v) is 6.13. The van der Waals surface area contributed by atoms with Gasteiger partial charge in [-0.15, -0.1) is 0 Å². The van der Waals surface area contributed by atoms with Gasteiger partial charge in [-0.2, -0.15) is 0 Å². The molecule has 1 fully saturated rings. The van der Waals surface area contributed by atoms with Crippen molar-refractivity contribution in [3.63, 3.8) is 0 Å². The Bertz CT molecular complexity index is 877. The van der Waals surface area contributed by atoms with Crippen LogP contribution in [0.3, 0.4) is 0 Å². The van der Waals surface area contributed by atoms with Crippen LogP contribution in [0.1, 0.15) is 5.56 Å². The standard InChI is InChI=1S/C19H21ClN2O4S/c20-16-3-7-18(8-4-16)27(24,25)14-19(23)21-17-5-1-15(2-6-17)13-22-9-11-26-12-10-22/h1-8H,9-14H2,(H,21,23). The third-order valence-electron chi connectivity index (χ3n) is 4.24. The number of nitrogens with one attached hydrogen (secondary N) is 1. The molecule has 0 saturated carbocycles. The third kappa shape index (κ3) is 5.77. The zero-order chi connectivity index (χ0) is 19.3. The highest BCUT2D eigenvalue weighted by Crippen LogP contribution is 2.17. The van der Waals surface area contributed by atoms with E-state index in [4.69, 9.17) is 16.3 Å². The number of carbonyl (C=O) groups excluding carboxylic acids is 1. The minimum absolute atomic E-state index is 0.0721. The number of rotatable bonds is 6. The van der Waals surface area contributed by atoms with Crippen LogP contribution < -0.4 is 5.32 Å². The summed E-state index contributed by atoms with van der Waals surface area (Å²) in [6, 6.07) is 13.2. The number of morpholine rings is 1. The summed E-state index contributed by atoms with van der Waals surface area (Å²) in [4.78, 5) is 14.5. The van der Waals surface area contributed by atoms with E-state index in [0.717, 1.165) is 38.4 Å². The van der Waals surface area contributed by atoms with Crippen molar-refractivity contribution in [3.8, 4) is 0 Å². The highest BCUT2D eigenvalue weighted by atomic mass is 35.5. The number of halogens is 1. The second-order valence-corrected chi connectivity index (χ2v) is 8.77. The molecule has 0 spiro atoms. The summed E-state index contributed by atoms with van der Waals surface area (Å²) in [6.45, 7) is 4.12. The van der Waals surface area contributed by atoms with Crippen LogP contribution in [0.4, 0.5) is 5.69 Å². The summed E-state index contributed by atoms with van der Waals surface area (Å²) in [6.07, 6.45) is 0. The average molecular weight is 409 g/mol. The van der Waals surface area contributed by atoms with Crippen molar-refractivity contribution in [2.24, 2.45) is 0 Å². The first-order chi connectivity index (χ1) is 12.9. The summed E-state index contributed by atoms with van der Waals surface area (Å²) >= 11 is 5.77. The molecule has 1 aliphatic heterocycles. The van der Waals surface area contributed by atoms with E-state index in [1.54, 1.807) is 12.1 Å². The van der Waals surface area contributed by atoms with Gasteiger partial charge in [0.2, 0.25) is 5.91 Å². The zero-order valence-electron chi connectivity index (χ0n) is 14.7. The first-order valence-electron chi connectivity index (χ1n) is 8.60. The molecule has 0 aliphatic carbocycles. The van der Waals surface area contributed by atoms with E-state index in [-0.39, 0.29) is 4.90 Å². The topological polar surface area (TPSA) is 75.7 Å². The molecule has 0 bridgehead atoms. The van der Waals surface area contributed by atoms with Crippen molar-refractivity contribution in [3.05, 3.63) is 59.1 Å². The van der Waals surface area contributed by atoms with Crippen LogP contribution in [0.15, 0.2) is 53.4 Å². The molecule has 0 unspecified atom stereocenters. The van der Waals surface area contributed by atoms with Gasteiger partial charge in [0.1, 0.15) is 5.75 Å². The Kier molecular flexibility index (Phi) is 6.49. The molecule has 27 heavy (non-hydrogen) atoms. The lowest BCUT2D eigenvalue weighted by Gasteiger charge is -2.26. The predicted octanol–water partition coefficient (Wildman–Crippen LogP) is 2.58. The average Bonchev–Trinajstić information content (AvgIpc) is 2.64. The maximum Gasteiger partial charge on any atom is 0.239 e. The molecule has 6 nitrogen and oxygen atoms in total. The quantitative estimate of drug-likeness (QED) is 0.795. The lowest BCUT2D eigenvalue weighted by molar-refractivity contribution is -0.113. The molecule has 2 aromatic carbocycles. The van der Waals surface area contributed by atoms with Gasteiger partial charge in [-0.05, 0) is 42.0 Å². The number of benzene rings is 2. The first-order valence-corrected chi connectivity index (χ1v) is 10.6. The Hall–Kier alpha value is -1.93. The number of hydrogen-bond acceptors (Lipinski definition) is 5. The second kappa shape index (κ2) is 8.84. The Balaban J connectivity index is 1.56. The molecule has 0 atom stereocenters. The molecular formula is C19H21ClN2O4S. The van der Waals surface area contributed by atoms with Crippen LogP contribution in [-0.4, -0.2) is 51.3 Å². The largest absolute Gasteiger partial charge is 0.379 e. The molecule has 3 rings (SSSR count). The number of hydrogen-bond donors (Lipinski definition) is 1. The zero-order valence-corrected chi connectivity index (χ0v) is 16.3. The maximum atomic E-state index is 12.3. The van der Waals surface area contributed by atoms with E-state index in [2.05, 4.69) is 10.2 Å². The van der Waals surface area contributed by atoms with Crippen molar-refractivity contribution in [1.29, 1.82) is 0 Å². The molecule has 1 saturated heterocycles. The lowest BCUT2D eigenvalue weighted by Crippen LogP contribution is -2.35. The molecule has 0 aromatic heterocycles. The van der Waals surface area contributed by atoms with E-state index in [1.165, 1.54) is 24.3 Å². The van der Waals surface area contributed by atoms with Gasteiger partial charge in [0.05, 0.1) is 18.1 Å². The van der Waals surface area contributed by atoms with E-state index in [1.807, 2.05) is 12.1 Å². The van der Waals surface area contributed by atoms with Gasteiger partial charge >= 0.3 is 0 Å². The number of ether oxygens (including phenoxy) is 1. The number of anilines is 1. The van der Waals surface area contributed by atoms with Crippen LogP contribution in [0.5, 0.6) is 0 Å². The van der Waals surface area contributed by atoms with Gasteiger partial charge < -0.3 is 10.1 Å². The summed E-state index contributed by atoms with van der Waals surface area (Å²) in [5.41, 5.74) is 1.70. The molecule has 8 heteroatoms. The van der Waals surface area contributed by atoms with Crippen LogP contribution in [0.25, 0.3) is 0 Å². The molecule has 1 N–H and O–H groups in total. The maximum absolute atomic E-state index is 12.3. The van der Waals surface area contributed by atoms with Gasteiger partial charge in [-0.3, -0.25) is 9.69 Å². The summed E-state index contributed by atoms with van der Waals surface area (Å²) in [5.74, 6) is -1.20. The molecule has 0 radical (unpaired) electrons. The van der Waals surface area contributed by atoms with Crippen LogP contribution in [0.2, 0.25) is 5.02 Å². The molecule has 2 aromatic rings. The highest BCUT2D eigenvalue weighted by Gasteiger charge is 2.19. The highest BCUT2D eigenvalue weighted by molar-refractivity contribution is 7.92. The fourth-order valence-corrected chi connectivity index (χ4v) is 4.07. The summed E-state index contributed by atoms with van der Waals surface area (Å²) < 4.78 is 29.9. The smallest absolute Gasteiger partial charge is 0.239 e. The number of amides is 1. The molecule has 1 amide bonds. The van der Waals surface area contributed by atoms with Gasteiger partial charge in [0.15, 0.2) is 9.84 Å². The number of sulfone groups is 1. The molecule has 1 aliphatic rings. The Morgan fingerprint density at radius 1 is 1.04 bits per heavy atom. The van der Waals surface area contributed by atoms with E-state index < -0.39 is 21.5 Å². The van der Waals surface area contributed by atoms with Crippen molar-refractivity contribution < 1.29 is 17.9 Å². The van der Waals surface area contributed by atoms with Crippen molar-refractivity contribution in [1.82, 2.24) is 4.90 Å². The van der Waals surface area contributed by atoms with Crippen molar-refractivity contribution >= 4 is 33.0 Å². The number of nitrogens with zero attached hydrogens (tertiary/aromatic N) is 1. The van der Waals surface area contributed by atoms with Gasteiger partial charge in [0, 0.05) is 30.3 Å². The monoisotopic (exact) mass is 408 g/mol. The van der Waals surface area contributed by atoms with Crippen LogP contribution >= 0.6 is 11.6 Å². The van der Waals surface area contributed by atoms with Crippen molar-refractivity contribution in [2.45, 2.75) is 11.4 Å². The van der Waals surface area contributed by atoms with E-state index in [9.17, 15) is 13.2 Å². The normalized spacial score (nSPS) is 15.4. The molecule has 1 heterocycles. The Labute approximate surface area is 164 Å².